The third-order valence-electron chi connectivity index (χ3n) is 6.19. The largest absolute Gasteiger partial charge is 0.497 e. The number of ether oxygens (including phenoxy) is 1. The molecule has 1 aromatic heterocycles. The van der Waals surface area contributed by atoms with Gasteiger partial charge in [0.05, 0.1) is 13.2 Å². The number of hydrogen-bond donors (Lipinski definition) is 1. The van der Waals surface area contributed by atoms with E-state index in [-0.39, 0.29) is 29.5 Å². The Hall–Kier alpha value is -2.76. The Kier molecular flexibility index (Phi) is 5.35. The molecule has 3 heterocycles. The van der Waals surface area contributed by atoms with E-state index in [9.17, 15) is 9.59 Å². The third-order valence-corrected chi connectivity index (χ3v) is 6.19. The van der Waals surface area contributed by atoms with E-state index in [0.29, 0.717) is 25.6 Å². The highest BCUT2D eigenvalue weighted by atomic mass is 16.5. The van der Waals surface area contributed by atoms with Crippen LogP contribution in [0.5, 0.6) is 5.75 Å². The van der Waals surface area contributed by atoms with E-state index >= 15 is 0 Å². The molecule has 0 radical (unpaired) electrons. The third kappa shape index (κ3) is 3.88. The second-order valence-corrected chi connectivity index (χ2v) is 8.55. The van der Waals surface area contributed by atoms with Gasteiger partial charge >= 0.3 is 6.03 Å². The molecule has 154 valence electrons. The zero-order valence-electron chi connectivity index (χ0n) is 17.3. The molecule has 0 spiro atoms. The monoisotopic (exact) mass is 395 g/mol. The number of carbonyl (C=O) groups is 1. The number of urea groups is 1. The number of aromatic nitrogens is 1. The molecule has 6 nitrogen and oxygen atoms in total. The van der Waals surface area contributed by atoms with E-state index in [1.165, 1.54) is 0 Å². The summed E-state index contributed by atoms with van der Waals surface area (Å²) in [4.78, 5) is 27.3. The van der Waals surface area contributed by atoms with Gasteiger partial charge in [-0.1, -0.05) is 32.0 Å². The van der Waals surface area contributed by atoms with Crippen LogP contribution in [0.25, 0.3) is 0 Å². The van der Waals surface area contributed by atoms with E-state index in [1.54, 1.807) is 13.2 Å². The normalized spacial score (nSPS) is 21.4. The first-order chi connectivity index (χ1) is 14.0. The number of fused-ring (bicyclic) bond motifs is 4. The van der Waals surface area contributed by atoms with E-state index in [2.05, 4.69) is 19.2 Å². The highest BCUT2D eigenvalue weighted by Gasteiger charge is 2.36. The molecule has 29 heavy (non-hydrogen) atoms. The Labute approximate surface area is 171 Å². The van der Waals surface area contributed by atoms with Crippen molar-refractivity contribution < 1.29 is 9.53 Å². The van der Waals surface area contributed by atoms with Crippen molar-refractivity contribution >= 4 is 6.03 Å². The van der Waals surface area contributed by atoms with Gasteiger partial charge in [-0.05, 0) is 42.0 Å². The van der Waals surface area contributed by atoms with Crippen molar-refractivity contribution in [1.29, 1.82) is 0 Å². The number of rotatable bonds is 4. The molecule has 1 fully saturated rings. The van der Waals surface area contributed by atoms with Crippen molar-refractivity contribution in [1.82, 2.24) is 14.8 Å². The molecular weight excluding hydrogens is 366 g/mol. The fourth-order valence-electron chi connectivity index (χ4n) is 4.73. The number of methoxy groups -OCH3 is 1. The Morgan fingerprint density at radius 3 is 2.55 bits per heavy atom. The van der Waals surface area contributed by atoms with Crippen LogP contribution in [-0.2, 0) is 6.54 Å². The van der Waals surface area contributed by atoms with Crippen LogP contribution in [0.15, 0.2) is 47.3 Å². The van der Waals surface area contributed by atoms with Crippen LogP contribution in [0.4, 0.5) is 4.79 Å². The summed E-state index contributed by atoms with van der Waals surface area (Å²) in [7, 11) is 1.65. The van der Waals surface area contributed by atoms with Gasteiger partial charge in [-0.3, -0.25) is 4.79 Å². The van der Waals surface area contributed by atoms with E-state index < -0.39 is 0 Å². The molecule has 0 unspecified atom stereocenters. The maximum absolute atomic E-state index is 13.1. The second kappa shape index (κ2) is 7.93. The van der Waals surface area contributed by atoms with Crippen molar-refractivity contribution in [2.75, 3.05) is 20.2 Å². The lowest BCUT2D eigenvalue weighted by atomic mass is 9.83. The first kappa shape index (κ1) is 19.6. The average Bonchev–Trinajstić information content (AvgIpc) is 2.72. The fraction of sp³-hybridized carbons (Fsp3) is 0.478. The smallest absolute Gasteiger partial charge is 0.317 e. The van der Waals surface area contributed by atoms with Gasteiger partial charge in [0.15, 0.2) is 0 Å². The minimum absolute atomic E-state index is 0.0269. The second-order valence-electron chi connectivity index (χ2n) is 8.55. The number of amides is 2. The molecule has 0 aliphatic carbocycles. The van der Waals surface area contributed by atoms with Crippen LogP contribution in [0.2, 0.25) is 0 Å². The number of piperidine rings is 1. The Morgan fingerprint density at radius 2 is 1.86 bits per heavy atom. The highest BCUT2D eigenvalue weighted by Crippen LogP contribution is 2.35. The zero-order chi connectivity index (χ0) is 20.5. The van der Waals surface area contributed by atoms with Crippen molar-refractivity contribution in [3.8, 4) is 5.75 Å². The zero-order valence-corrected chi connectivity index (χ0v) is 17.3. The van der Waals surface area contributed by atoms with E-state index in [4.69, 9.17) is 4.74 Å². The molecule has 3 atom stereocenters. The summed E-state index contributed by atoms with van der Waals surface area (Å²) in [5.41, 5.74) is 2.19. The quantitative estimate of drug-likeness (QED) is 0.863. The van der Waals surface area contributed by atoms with Crippen molar-refractivity contribution in [2.24, 2.45) is 11.8 Å². The van der Waals surface area contributed by atoms with Crippen LogP contribution in [0, 0.1) is 11.8 Å². The Bertz CT molecular complexity index is 935. The van der Waals surface area contributed by atoms with Gasteiger partial charge in [-0.2, -0.15) is 0 Å². The topological polar surface area (TPSA) is 63.6 Å². The number of nitrogens with zero attached hydrogens (tertiary/aromatic N) is 2. The summed E-state index contributed by atoms with van der Waals surface area (Å²) in [6.45, 7) is 6.27. The summed E-state index contributed by atoms with van der Waals surface area (Å²) in [6.07, 6.45) is 1.04. The van der Waals surface area contributed by atoms with Crippen LogP contribution in [0.1, 0.15) is 43.5 Å². The van der Waals surface area contributed by atoms with Gasteiger partial charge in [0.2, 0.25) is 0 Å². The van der Waals surface area contributed by atoms with Crippen LogP contribution >= 0.6 is 0 Å². The standard InChI is InChI=1S/C23H29N3O3/c1-15(2)22(17-7-9-19(29-3)10-8-17)24-23(28)25-12-16-11-18(14-25)20-5-4-6-21(27)26(20)13-16/h4-10,15-16,18,22H,11-14H2,1-3H3,(H,24,28)/t16-,18+,22+/m1/s1. The minimum atomic E-state index is -0.0647. The summed E-state index contributed by atoms with van der Waals surface area (Å²) in [5.74, 6) is 1.61. The average molecular weight is 396 g/mol. The van der Waals surface area contributed by atoms with E-state index in [1.807, 2.05) is 45.9 Å². The number of pyridine rings is 1. The lowest BCUT2D eigenvalue weighted by Gasteiger charge is -2.43. The molecular formula is C23H29N3O3. The molecule has 2 aromatic rings. The SMILES string of the molecule is COc1ccc([C@@H](NC(=O)N2C[C@H]3C[C@@H](C2)c2cccc(=O)n2C3)C(C)C)cc1. The van der Waals surface area contributed by atoms with Crippen molar-refractivity contribution in [2.45, 2.75) is 38.8 Å². The van der Waals surface area contributed by atoms with Gasteiger partial charge in [0.1, 0.15) is 5.75 Å². The van der Waals surface area contributed by atoms with Gasteiger partial charge < -0.3 is 19.5 Å². The predicted octanol–water partition coefficient (Wildman–Crippen LogP) is 3.38. The van der Waals surface area contributed by atoms with Crippen LogP contribution < -0.4 is 15.6 Å². The number of carbonyl (C=O) groups excluding carboxylic acids is 1. The molecule has 6 heteroatoms. The maximum Gasteiger partial charge on any atom is 0.317 e. The van der Waals surface area contributed by atoms with Crippen LogP contribution in [-0.4, -0.2) is 35.7 Å². The number of nitrogens with one attached hydrogen (secondary N) is 1. The lowest BCUT2D eigenvalue weighted by molar-refractivity contribution is 0.127. The maximum atomic E-state index is 13.1. The number of likely N-dealkylation sites (tertiary alicyclic amines) is 1. The van der Waals surface area contributed by atoms with Gasteiger partial charge in [0, 0.05) is 37.3 Å². The summed E-state index contributed by atoms with van der Waals surface area (Å²) < 4.78 is 7.14. The summed E-state index contributed by atoms with van der Waals surface area (Å²) in [5, 5.41) is 3.24. The summed E-state index contributed by atoms with van der Waals surface area (Å²) in [6, 6.07) is 13.3. The lowest BCUT2D eigenvalue weighted by Crippen LogP contribution is -2.52. The Balaban J connectivity index is 1.50. The minimum Gasteiger partial charge on any atom is -0.497 e. The van der Waals surface area contributed by atoms with Crippen molar-refractivity contribution in [3.05, 3.63) is 64.1 Å². The van der Waals surface area contributed by atoms with Gasteiger partial charge in [-0.15, -0.1) is 0 Å². The van der Waals surface area contributed by atoms with Gasteiger partial charge in [-0.25, -0.2) is 4.79 Å². The Morgan fingerprint density at radius 1 is 1.10 bits per heavy atom. The van der Waals surface area contributed by atoms with Crippen LogP contribution in [0.3, 0.4) is 0 Å². The molecule has 4 rings (SSSR count). The molecule has 2 amide bonds. The summed E-state index contributed by atoms with van der Waals surface area (Å²) >= 11 is 0. The van der Waals surface area contributed by atoms with E-state index in [0.717, 1.165) is 23.4 Å². The number of benzene rings is 1. The molecule has 1 N–H and O–H groups in total. The first-order valence-corrected chi connectivity index (χ1v) is 10.4. The predicted molar refractivity (Wildman–Crippen MR) is 112 cm³/mol. The molecule has 1 saturated heterocycles. The molecule has 2 bridgehead atoms. The molecule has 1 aromatic carbocycles. The fourth-order valence-corrected chi connectivity index (χ4v) is 4.73. The first-order valence-electron chi connectivity index (χ1n) is 10.4. The molecule has 2 aliphatic heterocycles. The number of hydrogen-bond acceptors (Lipinski definition) is 3. The van der Waals surface area contributed by atoms with Gasteiger partial charge in [0.25, 0.3) is 5.56 Å². The molecule has 0 saturated carbocycles. The molecule has 2 aliphatic rings. The van der Waals surface area contributed by atoms with Crippen molar-refractivity contribution in [3.63, 3.8) is 0 Å². The highest BCUT2D eigenvalue weighted by molar-refractivity contribution is 5.75.